The van der Waals surface area contributed by atoms with Crippen molar-refractivity contribution in [2.45, 2.75) is 38.8 Å². The molecule has 0 aliphatic carbocycles. The molecule has 0 amide bonds. The average Bonchev–Trinajstić information content (AvgIpc) is 3.34. The summed E-state index contributed by atoms with van der Waals surface area (Å²) >= 11 is 3.66. The first-order valence-electron chi connectivity index (χ1n) is 9.63. The number of rotatable bonds is 8. The number of hydrogen-bond donors (Lipinski definition) is 2. The number of aliphatic imine (C=N–C) groups is 1. The highest BCUT2D eigenvalue weighted by Crippen LogP contribution is 2.28. The molecule has 2 heterocycles. The molecule has 8 heteroatoms. The molecule has 0 radical (unpaired) electrons. The molecule has 1 atom stereocenters. The zero-order valence-electron chi connectivity index (χ0n) is 15.8. The first-order chi connectivity index (χ1) is 13.3. The Morgan fingerprint density at radius 1 is 1.26 bits per heavy atom. The molecule has 1 aliphatic heterocycles. The molecule has 1 saturated heterocycles. The SMILES string of the molecule is CCNC(=NCCCCn1cnnc1)NC1CCN(c2ccccc2Br)C1. The van der Waals surface area contributed by atoms with Gasteiger partial charge < -0.3 is 20.1 Å². The Labute approximate surface area is 169 Å². The molecule has 146 valence electrons. The first-order valence-corrected chi connectivity index (χ1v) is 10.4. The topological polar surface area (TPSA) is 70.4 Å². The van der Waals surface area contributed by atoms with Gasteiger partial charge in [-0.2, -0.15) is 0 Å². The highest BCUT2D eigenvalue weighted by atomic mass is 79.9. The number of para-hydroxylation sites is 1. The predicted molar refractivity (Wildman–Crippen MR) is 113 cm³/mol. The van der Waals surface area contributed by atoms with Crippen LogP contribution in [-0.2, 0) is 6.54 Å². The summed E-state index contributed by atoms with van der Waals surface area (Å²) < 4.78 is 3.15. The van der Waals surface area contributed by atoms with E-state index in [-0.39, 0.29) is 0 Å². The molecule has 1 aromatic heterocycles. The lowest BCUT2D eigenvalue weighted by Gasteiger charge is -2.21. The summed E-state index contributed by atoms with van der Waals surface area (Å²) in [7, 11) is 0. The third-order valence-corrected chi connectivity index (χ3v) is 5.30. The van der Waals surface area contributed by atoms with E-state index >= 15 is 0 Å². The summed E-state index contributed by atoms with van der Waals surface area (Å²) in [5.74, 6) is 0.917. The molecule has 1 fully saturated rings. The van der Waals surface area contributed by atoms with Gasteiger partial charge in [0.15, 0.2) is 5.96 Å². The van der Waals surface area contributed by atoms with Gasteiger partial charge in [0.2, 0.25) is 0 Å². The molecule has 1 aromatic carbocycles. The van der Waals surface area contributed by atoms with Gasteiger partial charge in [0.1, 0.15) is 12.7 Å². The molecule has 2 aromatic rings. The monoisotopic (exact) mass is 433 g/mol. The van der Waals surface area contributed by atoms with Crippen molar-refractivity contribution in [1.82, 2.24) is 25.4 Å². The van der Waals surface area contributed by atoms with Crippen molar-refractivity contribution in [2.75, 3.05) is 31.1 Å². The number of halogens is 1. The molecule has 3 rings (SSSR count). The van der Waals surface area contributed by atoms with E-state index < -0.39 is 0 Å². The number of unbranched alkanes of at least 4 members (excludes halogenated alkanes) is 1. The lowest BCUT2D eigenvalue weighted by molar-refractivity contribution is 0.607. The van der Waals surface area contributed by atoms with Crippen molar-refractivity contribution >= 4 is 27.6 Å². The van der Waals surface area contributed by atoms with Crippen molar-refractivity contribution in [3.05, 3.63) is 41.4 Å². The van der Waals surface area contributed by atoms with Crippen molar-refractivity contribution in [3.63, 3.8) is 0 Å². The van der Waals surface area contributed by atoms with E-state index in [4.69, 9.17) is 4.99 Å². The normalized spacial score (nSPS) is 17.3. The van der Waals surface area contributed by atoms with Gasteiger partial charge in [-0.3, -0.25) is 4.99 Å². The number of anilines is 1. The Morgan fingerprint density at radius 3 is 2.85 bits per heavy atom. The fraction of sp³-hybridized carbons (Fsp3) is 0.526. The van der Waals surface area contributed by atoms with Crippen LogP contribution < -0.4 is 15.5 Å². The molecule has 2 N–H and O–H groups in total. The van der Waals surface area contributed by atoms with Crippen molar-refractivity contribution in [3.8, 4) is 0 Å². The van der Waals surface area contributed by atoms with E-state index in [1.165, 1.54) is 5.69 Å². The maximum atomic E-state index is 4.74. The Balaban J connectivity index is 1.45. The molecule has 1 aliphatic rings. The Bertz CT molecular complexity index is 717. The van der Waals surface area contributed by atoms with Crippen molar-refractivity contribution in [2.24, 2.45) is 4.99 Å². The van der Waals surface area contributed by atoms with Gasteiger partial charge in [-0.05, 0) is 54.2 Å². The quantitative estimate of drug-likeness (QED) is 0.380. The third kappa shape index (κ3) is 5.95. The minimum atomic E-state index is 0.409. The molecule has 0 saturated carbocycles. The summed E-state index contributed by atoms with van der Waals surface area (Å²) in [5.41, 5.74) is 1.26. The van der Waals surface area contributed by atoms with Gasteiger partial charge in [0, 0.05) is 43.2 Å². The van der Waals surface area contributed by atoms with Gasteiger partial charge in [-0.1, -0.05) is 12.1 Å². The number of guanidine groups is 1. The van der Waals surface area contributed by atoms with Crippen LogP contribution in [0.15, 0.2) is 46.4 Å². The number of benzene rings is 1. The molecule has 1 unspecified atom stereocenters. The Morgan fingerprint density at radius 2 is 2.07 bits per heavy atom. The number of nitrogens with one attached hydrogen (secondary N) is 2. The van der Waals surface area contributed by atoms with E-state index in [2.05, 4.69) is 72.8 Å². The Hall–Kier alpha value is -2.09. The van der Waals surface area contributed by atoms with Crippen LogP contribution in [0, 0.1) is 0 Å². The van der Waals surface area contributed by atoms with Crippen molar-refractivity contribution < 1.29 is 0 Å². The highest BCUT2D eigenvalue weighted by molar-refractivity contribution is 9.10. The van der Waals surface area contributed by atoms with Crippen LogP contribution in [0.5, 0.6) is 0 Å². The van der Waals surface area contributed by atoms with E-state index in [1.54, 1.807) is 12.7 Å². The van der Waals surface area contributed by atoms with E-state index in [0.717, 1.165) is 62.4 Å². The second kappa shape index (κ2) is 10.3. The van der Waals surface area contributed by atoms with E-state index in [1.807, 2.05) is 4.57 Å². The van der Waals surface area contributed by atoms with Gasteiger partial charge in [0.25, 0.3) is 0 Å². The lowest BCUT2D eigenvalue weighted by Crippen LogP contribution is -2.44. The summed E-state index contributed by atoms with van der Waals surface area (Å²) in [5, 5.41) is 14.6. The molecular weight excluding hydrogens is 406 g/mol. The molecule has 0 bridgehead atoms. The first kappa shape index (κ1) is 19.7. The summed E-state index contributed by atoms with van der Waals surface area (Å²) in [6.45, 7) is 6.77. The molecule has 0 spiro atoms. The van der Waals surface area contributed by atoms with Gasteiger partial charge in [-0.25, -0.2) is 0 Å². The Kier molecular flexibility index (Phi) is 7.50. The van der Waals surface area contributed by atoms with E-state index in [9.17, 15) is 0 Å². The largest absolute Gasteiger partial charge is 0.368 e. The van der Waals surface area contributed by atoms with Crippen LogP contribution in [0.4, 0.5) is 5.69 Å². The van der Waals surface area contributed by atoms with Crippen LogP contribution in [0.25, 0.3) is 0 Å². The standard InChI is InChI=1S/C19H28BrN7/c1-2-21-19(22-10-5-6-11-26-14-23-24-15-26)25-16-9-12-27(13-16)18-8-4-3-7-17(18)20/h3-4,7-8,14-16H,2,5-6,9-13H2,1H3,(H2,21,22,25). The lowest BCUT2D eigenvalue weighted by atomic mass is 10.2. The van der Waals surface area contributed by atoms with Crippen LogP contribution in [0.1, 0.15) is 26.2 Å². The minimum absolute atomic E-state index is 0.409. The van der Waals surface area contributed by atoms with Gasteiger partial charge in [0.05, 0.1) is 5.69 Å². The van der Waals surface area contributed by atoms with Crippen LogP contribution in [0.2, 0.25) is 0 Å². The fourth-order valence-corrected chi connectivity index (χ4v) is 3.79. The molecule has 27 heavy (non-hydrogen) atoms. The molecular formula is C19H28BrN7. The zero-order valence-corrected chi connectivity index (χ0v) is 17.4. The average molecular weight is 434 g/mol. The minimum Gasteiger partial charge on any atom is -0.368 e. The van der Waals surface area contributed by atoms with Gasteiger partial charge in [-0.15, -0.1) is 10.2 Å². The summed E-state index contributed by atoms with van der Waals surface area (Å²) in [6.07, 6.45) is 6.74. The molecule has 7 nitrogen and oxygen atoms in total. The van der Waals surface area contributed by atoms with E-state index in [0.29, 0.717) is 6.04 Å². The van der Waals surface area contributed by atoms with Crippen LogP contribution >= 0.6 is 15.9 Å². The second-order valence-electron chi connectivity index (χ2n) is 6.69. The van der Waals surface area contributed by atoms with Crippen molar-refractivity contribution in [1.29, 1.82) is 0 Å². The summed E-state index contributed by atoms with van der Waals surface area (Å²) in [6, 6.07) is 8.82. The van der Waals surface area contributed by atoms with Crippen LogP contribution in [0.3, 0.4) is 0 Å². The second-order valence-corrected chi connectivity index (χ2v) is 7.55. The maximum absolute atomic E-state index is 4.74. The summed E-state index contributed by atoms with van der Waals surface area (Å²) in [4.78, 5) is 7.16. The smallest absolute Gasteiger partial charge is 0.191 e. The number of hydrogen-bond acceptors (Lipinski definition) is 4. The number of nitrogens with zero attached hydrogens (tertiary/aromatic N) is 5. The predicted octanol–water partition coefficient (Wildman–Crippen LogP) is 2.65. The number of aromatic nitrogens is 3. The van der Waals surface area contributed by atoms with Gasteiger partial charge >= 0.3 is 0 Å². The highest BCUT2D eigenvalue weighted by Gasteiger charge is 2.24. The zero-order chi connectivity index (χ0) is 18.9. The number of aryl methyl sites for hydroxylation is 1. The third-order valence-electron chi connectivity index (χ3n) is 4.63. The maximum Gasteiger partial charge on any atom is 0.191 e. The van der Waals surface area contributed by atoms with Crippen LogP contribution in [-0.4, -0.2) is 52.9 Å². The fourth-order valence-electron chi connectivity index (χ4n) is 3.25.